The lowest BCUT2D eigenvalue weighted by molar-refractivity contribution is 0.466. The van der Waals surface area contributed by atoms with E-state index in [-0.39, 0.29) is 10.8 Å². The first kappa shape index (κ1) is 46.7. The molecule has 0 fully saturated rings. The molecule has 12 aromatic rings. The van der Waals surface area contributed by atoms with Gasteiger partial charge in [-0.15, -0.1) is 0 Å². The van der Waals surface area contributed by atoms with Crippen molar-refractivity contribution in [3.05, 3.63) is 236 Å². The van der Waals surface area contributed by atoms with Gasteiger partial charge in [-0.1, -0.05) is 206 Å². The molecule has 0 atom stereocenters. The van der Waals surface area contributed by atoms with Gasteiger partial charge in [0.2, 0.25) is 0 Å². The van der Waals surface area contributed by atoms with Crippen LogP contribution in [-0.4, -0.2) is 0 Å². The summed E-state index contributed by atoms with van der Waals surface area (Å²) < 4.78 is 13.0. The standard InChI is InChI=1S/C71H61NO2/c1-7-40-71(5,6)56-45-54(44-55(46-56)70(3,4)8-2)53-42-51(47-18-10-9-11-19-47)41-52(43-53)48-28-34-57(35-29-48)72(58-36-30-49(31-37-58)60-22-16-24-64-62-20-12-14-26-66(62)73-68(60)64)59-38-32-50(33-39-59)61-23-17-25-65-63-21-13-15-27-67(63)74-69(61)65/h9-39,41-46H,7-8,40H2,1-6H3. The molecule has 3 heteroatoms. The molecule has 362 valence electrons. The first-order valence-corrected chi connectivity index (χ1v) is 26.3. The Bertz CT molecular complexity index is 3830. The Morgan fingerprint density at radius 1 is 0.338 bits per heavy atom. The van der Waals surface area contributed by atoms with E-state index in [1.807, 2.05) is 24.3 Å². The van der Waals surface area contributed by atoms with Crippen molar-refractivity contribution in [1.82, 2.24) is 0 Å². The maximum absolute atomic E-state index is 6.49. The minimum atomic E-state index is 0.0421. The van der Waals surface area contributed by atoms with Crippen molar-refractivity contribution >= 4 is 60.9 Å². The Labute approximate surface area is 435 Å². The Hall–Kier alpha value is -8.40. The zero-order valence-corrected chi connectivity index (χ0v) is 43.2. The van der Waals surface area contributed by atoms with Gasteiger partial charge in [-0.25, -0.2) is 0 Å². The van der Waals surface area contributed by atoms with Crippen molar-refractivity contribution in [2.75, 3.05) is 4.90 Å². The Morgan fingerprint density at radius 2 is 0.730 bits per heavy atom. The molecule has 0 aliphatic heterocycles. The lowest BCUT2D eigenvalue weighted by Gasteiger charge is -2.30. The number of anilines is 3. The minimum Gasteiger partial charge on any atom is -0.455 e. The van der Waals surface area contributed by atoms with Crippen LogP contribution in [-0.2, 0) is 10.8 Å². The van der Waals surface area contributed by atoms with Crippen LogP contribution in [0.5, 0.6) is 0 Å². The average Bonchev–Trinajstić information content (AvgIpc) is 4.03. The number of benzene rings is 10. The van der Waals surface area contributed by atoms with Gasteiger partial charge in [-0.05, 0) is 146 Å². The molecule has 74 heavy (non-hydrogen) atoms. The van der Waals surface area contributed by atoms with Gasteiger partial charge >= 0.3 is 0 Å². The zero-order valence-electron chi connectivity index (χ0n) is 43.2. The number of para-hydroxylation sites is 4. The molecule has 3 nitrogen and oxygen atoms in total. The van der Waals surface area contributed by atoms with Crippen molar-refractivity contribution in [1.29, 1.82) is 0 Å². The molecule has 0 aliphatic rings. The normalized spacial score (nSPS) is 12.1. The van der Waals surface area contributed by atoms with E-state index in [1.54, 1.807) is 0 Å². The predicted octanol–water partition coefficient (Wildman–Crippen LogP) is 21.1. The first-order chi connectivity index (χ1) is 36.0. The summed E-state index contributed by atoms with van der Waals surface area (Å²) in [6.07, 6.45) is 3.34. The number of furan rings is 2. The van der Waals surface area contributed by atoms with E-state index in [0.29, 0.717) is 0 Å². The van der Waals surface area contributed by atoms with Gasteiger partial charge in [-0.2, -0.15) is 0 Å². The molecule has 0 radical (unpaired) electrons. The highest BCUT2D eigenvalue weighted by Crippen LogP contribution is 2.44. The SMILES string of the molecule is CCCC(C)(C)c1cc(-c2cc(-c3ccccc3)cc(-c3ccc(N(c4ccc(-c5cccc6c5oc5ccccc56)cc4)c4ccc(-c5cccc6c5oc5ccccc56)cc4)cc3)c2)cc(C(C)(C)CC)c1. The molecule has 12 rings (SSSR count). The van der Waals surface area contributed by atoms with Gasteiger partial charge in [0.25, 0.3) is 0 Å². The maximum atomic E-state index is 6.49. The molecular weight excluding hydrogens is 899 g/mol. The molecule has 0 unspecified atom stereocenters. The summed E-state index contributed by atoms with van der Waals surface area (Å²) in [4.78, 5) is 2.35. The van der Waals surface area contributed by atoms with Crippen LogP contribution in [0.3, 0.4) is 0 Å². The third-order valence-corrected chi connectivity index (χ3v) is 15.8. The van der Waals surface area contributed by atoms with E-state index < -0.39 is 0 Å². The van der Waals surface area contributed by atoms with Crippen LogP contribution >= 0.6 is 0 Å². The van der Waals surface area contributed by atoms with Crippen molar-refractivity contribution in [2.24, 2.45) is 0 Å². The third-order valence-electron chi connectivity index (χ3n) is 15.8. The summed E-state index contributed by atoms with van der Waals surface area (Å²) in [6, 6.07) is 81.7. The fourth-order valence-corrected chi connectivity index (χ4v) is 11.1. The van der Waals surface area contributed by atoms with Crippen molar-refractivity contribution in [3.63, 3.8) is 0 Å². The molecule has 0 bridgehead atoms. The van der Waals surface area contributed by atoms with Crippen LogP contribution in [0.15, 0.2) is 233 Å². The lowest BCUT2D eigenvalue weighted by Crippen LogP contribution is -2.20. The summed E-state index contributed by atoms with van der Waals surface area (Å²) in [6.45, 7) is 14.2. The summed E-state index contributed by atoms with van der Waals surface area (Å²) in [5, 5.41) is 4.51. The second-order valence-electron chi connectivity index (χ2n) is 21.4. The molecule has 2 aromatic heterocycles. The molecule has 10 aromatic carbocycles. The van der Waals surface area contributed by atoms with Gasteiger partial charge in [0.1, 0.15) is 22.3 Å². The summed E-state index contributed by atoms with van der Waals surface area (Å²) in [5.74, 6) is 0. The van der Waals surface area contributed by atoms with Gasteiger partial charge in [0.15, 0.2) is 0 Å². The summed E-state index contributed by atoms with van der Waals surface area (Å²) >= 11 is 0. The Morgan fingerprint density at radius 3 is 1.20 bits per heavy atom. The van der Waals surface area contributed by atoms with E-state index in [4.69, 9.17) is 8.83 Å². The highest BCUT2D eigenvalue weighted by atomic mass is 16.3. The van der Waals surface area contributed by atoms with Crippen LogP contribution < -0.4 is 4.90 Å². The summed E-state index contributed by atoms with van der Waals surface area (Å²) in [5.41, 5.74) is 21.3. The molecule has 0 N–H and O–H groups in total. The van der Waals surface area contributed by atoms with Gasteiger partial charge in [-0.3, -0.25) is 0 Å². The van der Waals surface area contributed by atoms with E-state index in [0.717, 1.165) is 108 Å². The average molecular weight is 960 g/mol. The quantitative estimate of drug-likeness (QED) is 0.115. The molecular formula is C71H61NO2. The van der Waals surface area contributed by atoms with Gasteiger partial charge in [0.05, 0.1) is 0 Å². The molecule has 0 saturated heterocycles. The fraction of sp³-hybridized carbons (Fsp3) is 0.155. The van der Waals surface area contributed by atoms with E-state index in [1.165, 1.54) is 38.9 Å². The molecule has 0 saturated carbocycles. The monoisotopic (exact) mass is 959 g/mol. The number of hydrogen-bond acceptors (Lipinski definition) is 3. The van der Waals surface area contributed by atoms with E-state index in [2.05, 4.69) is 247 Å². The van der Waals surface area contributed by atoms with Gasteiger partial charge in [0, 0.05) is 49.7 Å². The molecule has 0 spiro atoms. The minimum absolute atomic E-state index is 0.0421. The highest BCUT2D eigenvalue weighted by molar-refractivity contribution is 6.10. The fourth-order valence-electron chi connectivity index (χ4n) is 11.1. The van der Waals surface area contributed by atoms with Crippen LogP contribution in [0.2, 0.25) is 0 Å². The largest absolute Gasteiger partial charge is 0.455 e. The maximum Gasteiger partial charge on any atom is 0.143 e. The van der Waals surface area contributed by atoms with Crippen LogP contribution in [0.1, 0.15) is 71.9 Å². The Kier molecular flexibility index (Phi) is 11.9. The number of rotatable bonds is 13. The predicted molar refractivity (Wildman–Crippen MR) is 314 cm³/mol. The molecule has 2 heterocycles. The van der Waals surface area contributed by atoms with Crippen molar-refractivity contribution in [3.8, 4) is 55.6 Å². The highest BCUT2D eigenvalue weighted by Gasteiger charge is 2.26. The number of nitrogens with zero attached hydrogens (tertiary/aromatic N) is 1. The summed E-state index contributed by atoms with van der Waals surface area (Å²) in [7, 11) is 0. The van der Waals surface area contributed by atoms with Crippen LogP contribution in [0, 0.1) is 0 Å². The second-order valence-corrected chi connectivity index (χ2v) is 21.4. The van der Waals surface area contributed by atoms with Gasteiger partial charge < -0.3 is 13.7 Å². The topological polar surface area (TPSA) is 29.5 Å². The third kappa shape index (κ3) is 8.56. The second kappa shape index (κ2) is 18.9. The van der Waals surface area contributed by atoms with Crippen LogP contribution in [0.4, 0.5) is 17.1 Å². The number of hydrogen-bond donors (Lipinski definition) is 0. The van der Waals surface area contributed by atoms with E-state index >= 15 is 0 Å². The van der Waals surface area contributed by atoms with Crippen molar-refractivity contribution in [2.45, 2.75) is 71.6 Å². The Balaban J connectivity index is 0.961. The lowest BCUT2D eigenvalue weighted by atomic mass is 9.74. The smallest absolute Gasteiger partial charge is 0.143 e. The van der Waals surface area contributed by atoms with E-state index in [9.17, 15) is 0 Å². The zero-order chi connectivity index (χ0) is 50.6. The molecule has 0 aliphatic carbocycles. The number of fused-ring (bicyclic) bond motifs is 6. The molecule has 0 amide bonds. The van der Waals surface area contributed by atoms with Crippen LogP contribution in [0.25, 0.3) is 99.5 Å². The van der Waals surface area contributed by atoms with Crippen molar-refractivity contribution < 1.29 is 8.83 Å². The first-order valence-electron chi connectivity index (χ1n) is 26.3.